The van der Waals surface area contributed by atoms with Gasteiger partial charge in [0.15, 0.2) is 0 Å². The van der Waals surface area contributed by atoms with Crippen molar-refractivity contribution in [1.82, 2.24) is 0 Å². The van der Waals surface area contributed by atoms with Crippen molar-refractivity contribution in [2.24, 2.45) is 5.92 Å². The zero-order valence-electron chi connectivity index (χ0n) is 8.87. The molecule has 0 radical (unpaired) electrons. The first kappa shape index (κ1) is 9.51. The van der Waals surface area contributed by atoms with Gasteiger partial charge in [-0.3, -0.25) is 0 Å². The Labute approximate surface area is 86.7 Å². The fourth-order valence-corrected chi connectivity index (χ4v) is 2.56. The quantitative estimate of drug-likeness (QED) is 0.578. The van der Waals surface area contributed by atoms with Crippen molar-refractivity contribution in [1.29, 1.82) is 0 Å². The zero-order valence-corrected chi connectivity index (χ0v) is 8.87. The summed E-state index contributed by atoms with van der Waals surface area (Å²) >= 11 is 0. The van der Waals surface area contributed by atoms with Crippen molar-refractivity contribution in [3.8, 4) is 0 Å². The summed E-state index contributed by atoms with van der Waals surface area (Å²) in [6.07, 6.45) is 3.74. The maximum Gasteiger partial charge on any atom is -0.0122 e. The molecule has 2 atom stereocenters. The molecule has 1 aliphatic carbocycles. The third kappa shape index (κ3) is 2.06. The molecule has 0 amide bonds. The lowest BCUT2D eigenvalue weighted by Crippen LogP contribution is -2.13. The summed E-state index contributed by atoms with van der Waals surface area (Å²) in [4.78, 5) is 0. The molecule has 0 heteroatoms. The summed E-state index contributed by atoms with van der Waals surface area (Å²) in [7, 11) is 0. The van der Waals surface area contributed by atoms with Crippen LogP contribution in [0.2, 0.25) is 0 Å². The minimum Gasteiger partial charge on any atom is -0.0998 e. The molecule has 1 aliphatic rings. The van der Waals surface area contributed by atoms with Crippen LogP contribution in [-0.2, 0) is 0 Å². The molecule has 1 saturated carbocycles. The van der Waals surface area contributed by atoms with Crippen molar-refractivity contribution in [3.05, 3.63) is 48.0 Å². The molecular formula is C14H18. The predicted molar refractivity (Wildman–Crippen MR) is 61.3 cm³/mol. The first-order valence-electron chi connectivity index (χ1n) is 5.47. The predicted octanol–water partition coefficient (Wildman–Crippen LogP) is 4.15. The van der Waals surface area contributed by atoms with E-state index < -0.39 is 0 Å². The Kier molecular flexibility index (Phi) is 2.72. The molecule has 0 aromatic heterocycles. The normalized spacial score (nSPS) is 27.6. The van der Waals surface area contributed by atoms with Crippen LogP contribution in [0.5, 0.6) is 0 Å². The molecule has 1 fully saturated rings. The number of hydrogen-bond acceptors (Lipinski definition) is 0. The molecule has 14 heavy (non-hydrogen) atoms. The zero-order chi connectivity index (χ0) is 9.97. The van der Waals surface area contributed by atoms with Crippen LogP contribution < -0.4 is 0 Å². The topological polar surface area (TPSA) is 0 Å². The second-order valence-corrected chi connectivity index (χ2v) is 4.61. The Balaban J connectivity index is 2.15. The summed E-state index contributed by atoms with van der Waals surface area (Å²) in [6, 6.07) is 10.9. The van der Waals surface area contributed by atoms with Crippen molar-refractivity contribution < 1.29 is 0 Å². The fourth-order valence-electron chi connectivity index (χ4n) is 2.56. The molecule has 0 spiro atoms. The molecule has 2 rings (SSSR count). The third-order valence-corrected chi connectivity index (χ3v) is 3.13. The van der Waals surface area contributed by atoms with Crippen molar-refractivity contribution in [3.63, 3.8) is 0 Å². The fraction of sp³-hybridized carbons (Fsp3) is 0.429. The van der Waals surface area contributed by atoms with Gasteiger partial charge < -0.3 is 0 Å². The summed E-state index contributed by atoms with van der Waals surface area (Å²) in [5.74, 6) is 1.52. The molecule has 0 nitrogen and oxygen atoms in total. The second kappa shape index (κ2) is 4.00. The second-order valence-electron chi connectivity index (χ2n) is 4.61. The number of allylic oxidation sites excluding steroid dienone is 1. The molecule has 0 heterocycles. The van der Waals surface area contributed by atoms with Crippen LogP contribution in [0.4, 0.5) is 0 Å². The van der Waals surface area contributed by atoms with E-state index in [9.17, 15) is 0 Å². The van der Waals surface area contributed by atoms with Gasteiger partial charge in [0.05, 0.1) is 0 Å². The lowest BCUT2D eigenvalue weighted by Gasteiger charge is -2.28. The first-order chi connectivity index (χ1) is 6.75. The van der Waals surface area contributed by atoms with Crippen LogP contribution >= 0.6 is 0 Å². The van der Waals surface area contributed by atoms with Crippen LogP contribution in [0.1, 0.15) is 37.7 Å². The van der Waals surface area contributed by atoms with E-state index in [4.69, 9.17) is 0 Å². The van der Waals surface area contributed by atoms with Gasteiger partial charge in [-0.1, -0.05) is 49.4 Å². The Morgan fingerprint density at radius 2 is 1.86 bits per heavy atom. The highest BCUT2D eigenvalue weighted by atomic mass is 14.3. The van der Waals surface area contributed by atoms with Crippen LogP contribution in [0.25, 0.3) is 0 Å². The lowest BCUT2D eigenvalue weighted by molar-refractivity contribution is 0.407. The largest absolute Gasteiger partial charge is 0.0998 e. The van der Waals surface area contributed by atoms with Gasteiger partial charge in [-0.05, 0) is 36.7 Å². The molecular weight excluding hydrogens is 168 g/mol. The van der Waals surface area contributed by atoms with Crippen molar-refractivity contribution >= 4 is 0 Å². The summed E-state index contributed by atoms with van der Waals surface area (Å²) in [5, 5.41) is 0. The highest BCUT2D eigenvalue weighted by molar-refractivity contribution is 5.23. The molecule has 74 valence electrons. The first-order valence-corrected chi connectivity index (χ1v) is 5.47. The molecule has 0 bridgehead atoms. The molecule has 1 aromatic carbocycles. The van der Waals surface area contributed by atoms with Crippen molar-refractivity contribution in [2.45, 2.75) is 32.1 Å². The van der Waals surface area contributed by atoms with E-state index in [0.717, 1.165) is 5.92 Å². The molecule has 0 saturated heterocycles. The SMILES string of the molecule is C=C1C[C@H](C)C[C@H](c2ccccc2)C1. The highest BCUT2D eigenvalue weighted by Gasteiger charge is 2.21. The monoisotopic (exact) mass is 186 g/mol. The van der Waals surface area contributed by atoms with Gasteiger partial charge in [-0.25, -0.2) is 0 Å². The average Bonchev–Trinajstić information content (AvgIpc) is 2.18. The molecule has 0 aliphatic heterocycles. The van der Waals surface area contributed by atoms with E-state index in [1.165, 1.54) is 30.4 Å². The minimum atomic E-state index is 0.715. The van der Waals surface area contributed by atoms with E-state index >= 15 is 0 Å². The van der Waals surface area contributed by atoms with Gasteiger partial charge in [0.25, 0.3) is 0 Å². The summed E-state index contributed by atoms with van der Waals surface area (Å²) in [5.41, 5.74) is 2.91. The molecule has 0 N–H and O–H groups in total. The maximum atomic E-state index is 4.14. The van der Waals surface area contributed by atoms with Gasteiger partial charge in [0.1, 0.15) is 0 Å². The van der Waals surface area contributed by atoms with E-state index in [-0.39, 0.29) is 0 Å². The van der Waals surface area contributed by atoms with Gasteiger partial charge in [0.2, 0.25) is 0 Å². The van der Waals surface area contributed by atoms with E-state index in [1.54, 1.807) is 0 Å². The van der Waals surface area contributed by atoms with Gasteiger partial charge in [-0.15, -0.1) is 0 Å². The average molecular weight is 186 g/mol. The summed E-state index contributed by atoms with van der Waals surface area (Å²) < 4.78 is 0. The van der Waals surface area contributed by atoms with E-state index in [2.05, 4.69) is 43.8 Å². The Bertz CT molecular complexity index is 310. The lowest BCUT2D eigenvalue weighted by atomic mass is 9.77. The number of benzene rings is 1. The molecule has 1 aromatic rings. The van der Waals surface area contributed by atoms with Crippen LogP contribution in [0, 0.1) is 5.92 Å². The highest BCUT2D eigenvalue weighted by Crippen LogP contribution is 2.37. The number of rotatable bonds is 1. The van der Waals surface area contributed by atoms with Gasteiger partial charge >= 0.3 is 0 Å². The Morgan fingerprint density at radius 3 is 2.50 bits per heavy atom. The van der Waals surface area contributed by atoms with Crippen molar-refractivity contribution in [2.75, 3.05) is 0 Å². The van der Waals surface area contributed by atoms with Gasteiger partial charge in [0, 0.05) is 0 Å². The van der Waals surface area contributed by atoms with Crippen LogP contribution in [0.3, 0.4) is 0 Å². The standard InChI is InChI=1S/C14H18/c1-11-8-12(2)10-14(9-11)13-6-4-3-5-7-13/h3-7,12,14H,1,8-10H2,2H3/t12-,14+/m0/s1. The van der Waals surface area contributed by atoms with Gasteiger partial charge in [-0.2, -0.15) is 0 Å². The minimum absolute atomic E-state index is 0.715. The Hall–Kier alpha value is -1.04. The molecule has 0 unspecified atom stereocenters. The Morgan fingerprint density at radius 1 is 1.14 bits per heavy atom. The van der Waals surface area contributed by atoms with E-state index in [1.807, 2.05) is 0 Å². The third-order valence-electron chi connectivity index (χ3n) is 3.13. The van der Waals surface area contributed by atoms with Crippen LogP contribution in [0.15, 0.2) is 42.5 Å². The smallest absolute Gasteiger partial charge is 0.0122 e. The summed E-state index contributed by atoms with van der Waals surface area (Å²) in [6.45, 7) is 6.47. The van der Waals surface area contributed by atoms with Crippen LogP contribution in [-0.4, -0.2) is 0 Å². The van der Waals surface area contributed by atoms with E-state index in [0.29, 0.717) is 5.92 Å². The maximum absolute atomic E-state index is 4.14. The number of hydrogen-bond donors (Lipinski definition) is 0.